The molecule has 1 heterocycles. The van der Waals surface area contributed by atoms with E-state index in [9.17, 15) is 18.9 Å². The highest BCUT2D eigenvalue weighted by Gasteiger charge is 2.32. The van der Waals surface area contributed by atoms with Crippen molar-refractivity contribution in [3.63, 3.8) is 0 Å². The highest BCUT2D eigenvalue weighted by molar-refractivity contribution is 5.63. The lowest BCUT2D eigenvalue weighted by atomic mass is 10.0. The molecule has 0 aromatic heterocycles. The van der Waals surface area contributed by atoms with E-state index in [-0.39, 0.29) is 5.69 Å². The summed E-state index contributed by atoms with van der Waals surface area (Å²) in [6, 6.07) is 1.46. The van der Waals surface area contributed by atoms with Crippen LogP contribution in [0.15, 0.2) is 12.1 Å². The second-order valence-corrected chi connectivity index (χ2v) is 4.65. The average Bonchev–Trinajstić information content (AvgIpc) is 2.62. The lowest BCUT2D eigenvalue weighted by Gasteiger charge is -2.25. The fourth-order valence-corrected chi connectivity index (χ4v) is 2.10. The Bertz CT molecular complexity index is 487. The van der Waals surface area contributed by atoms with E-state index in [0.29, 0.717) is 12.6 Å². The first-order chi connectivity index (χ1) is 8.41. The topological polar surface area (TPSA) is 67.2 Å². The molecule has 0 radical (unpaired) electrons. The van der Waals surface area contributed by atoms with Gasteiger partial charge in [-0.1, -0.05) is 0 Å². The number of hydrogen-bond donors (Lipinski definition) is 2. The van der Waals surface area contributed by atoms with Crippen LogP contribution in [0.3, 0.4) is 0 Å². The molecule has 7 heteroatoms. The molecule has 0 amide bonds. The molecule has 98 valence electrons. The van der Waals surface area contributed by atoms with Gasteiger partial charge in [0.15, 0.2) is 0 Å². The van der Waals surface area contributed by atoms with Gasteiger partial charge in [-0.2, -0.15) is 4.39 Å². The third kappa shape index (κ3) is 2.40. The van der Waals surface area contributed by atoms with Gasteiger partial charge in [0.2, 0.25) is 5.82 Å². The van der Waals surface area contributed by atoms with Gasteiger partial charge in [0.25, 0.3) is 0 Å². The largest absolute Gasteiger partial charge is 0.373 e. The number of hydrogen-bond acceptors (Lipinski definition) is 4. The molecule has 1 unspecified atom stereocenters. The van der Waals surface area contributed by atoms with Crippen molar-refractivity contribution in [2.24, 2.45) is 0 Å². The van der Waals surface area contributed by atoms with Gasteiger partial charge < -0.3 is 10.6 Å². The maximum Gasteiger partial charge on any atom is 0.327 e. The van der Waals surface area contributed by atoms with Crippen molar-refractivity contribution in [3.8, 4) is 0 Å². The van der Waals surface area contributed by atoms with E-state index in [2.05, 4.69) is 10.6 Å². The van der Waals surface area contributed by atoms with Crippen LogP contribution in [0.25, 0.3) is 0 Å². The van der Waals surface area contributed by atoms with Gasteiger partial charge in [0.1, 0.15) is 11.5 Å². The predicted molar refractivity (Wildman–Crippen MR) is 62.5 cm³/mol. The van der Waals surface area contributed by atoms with E-state index < -0.39 is 27.8 Å². The summed E-state index contributed by atoms with van der Waals surface area (Å²) in [5.74, 6) is -2.01. The zero-order valence-corrected chi connectivity index (χ0v) is 9.80. The Balaban J connectivity index is 2.39. The Kier molecular flexibility index (Phi) is 3.16. The maximum absolute atomic E-state index is 13.4. The average molecular weight is 257 g/mol. The summed E-state index contributed by atoms with van der Waals surface area (Å²) in [6.45, 7) is 3.19. The summed E-state index contributed by atoms with van der Waals surface area (Å²) in [7, 11) is 0. The highest BCUT2D eigenvalue weighted by atomic mass is 19.1. The van der Waals surface area contributed by atoms with Crippen molar-refractivity contribution in [2.45, 2.75) is 18.9 Å². The Morgan fingerprint density at radius 1 is 1.50 bits per heavy atom. The third-order valence-corrected chi connectivity index (χ3v) is 3.02. The van der Waals surface area contributed by atoms with Gasteiger partial charge in [-0.3, -0.25) is 10.1 Å². The highest BCUT2D eigenvalue weighted by Crippen LogP contribution is 2.32. The SMILES string of the molecule is CC1(Nc2cc(F)cc(F)c2[N+](=O)[O-])CCNC1. The summed E-state index contributed by atoms with van der Waals surface area (Å²) in [5, 5.41) is 16.8. The molecule has 1 aromatic carbocycles. The lowest BCUT2D eigenvalue weighted by molar-refractivity contribution is -0.386. The van der Waals surface area contributed by atoms with Gasteiger partial charge >= 0.3 is 5.69 Å². The van der Waals surface area contributed by atoms with Crippen LogP contribution in [-0.4, -0.2) is 23.6 Å². The normalized spacial score (nSPS) is 23.1. The first kappa shape index (κ1) is 12.7. The Morgan fingerprint density at radius 2 is 2.22 bits per heavy atom. The van der Waals surface area contributed by atoms with Crippen molar-refractivity contribution in [2.75, 3.05) is 18.4 Å². The monoisotopic (exact) mass is 257 g/mol. The van der Waals surface area contributed by atoms with Crippen LogP contribution in [0.1, 0.15) is 13.3 Å². The molecular formula is C11H13F2N3O2. The molecule has 0 aliphatic carbocycles. The molecule has 0 saturated carbocycles. The summed E-state index contributed by atoms with van der Waals surface area (Å²) in [6.07, 6.45) is 0.724. The smallest absolute Gasteiger partial charge is 0.327 e. The first-order valence-electron chi connectivity index (χ1n) is 5.54. The fourth-order valence-electron chi connectivity index (χ4n) is 2.10. The number of halogens is 2. The van der Waals surface area contributed by atoms with E-state index in [1.165, 1.54) is 0 Å². The molecule has 18 heavy (non-hydrogen) atoms. The van der Waals surface area contributed by atoms with Gasteiger partial charge in [0, 0.05) is 24.2 Å². The van der Waals surface area contributed by atoms with Gasteiger partial charge in [-0.25, -0.2) is 4.39 Å². The minimum atomic E-state index is -1.17. The van der Waals surface area contributed by atoms with Crippen molar-refractivity contribution >= 4 is 11.4 Å². The number of nitrogens with one attached hydrogen (secondary N) is 2. The van der Waals surface area contributed by atoms with E-state index in [1.54, 1.807) is 0 Å². The van der Waals surface area contributed by atoms with Gasteiger partial charge in [0.05, 0.1) is 4.92 Å². The summed E-state index contributed by atoms with van der Waals surface area (Å²) in [4.78, 5) is 9.98. The van der Waals surface area contributed by atoms with E-state index in [4.69, 9.17) is 0 Å². The quantitative estimate of drug-likeness (QED) is 0.642. The molecule has 5 nitrogen and oxygen atoms in total. The lowest BCUT2D eigenvalue weighted by Crippen LogP contribution is -2.37. The van der Waals surface area contributed by atoms with Crippen LogP contribution >= 0.6 is 0 Å². The molecule has 1 aromatic rings. The maximum atomic E-state index is 13.4. The van der Waals surface area contributed by atoms with Crippen LogP contribution in [0.5, 0.6) is 0 Å². The Morgan fingerprint density at radius 3 is 2.78 bits per heavy atom. The van der Waals surface area contributed by atoms with Crippen molar-refractivity contribution in [1.29, 1.82) is 0 Å². The molecule has 1 aliphatic rings. The van der Waals surface area contributed by atoms with E-state index >= 15 is 0 Å². The Hall–Kier alpha value is -1.76. The summed E-state index contributed by atoms with van der Waals surface area (Å²) >= 11 is 0. The van der Waals surface area contributed by atoms with Crippen LogP contribution in [0.2, 0.25) is 0 Å². The molecule has 2 N–H and O–H groups in total. The minimum Gasteiger partial charge on any atom is -0.373 e. The van der Waals surface area contributed by atoms with Crippen LogP contribution in [0, 0.1) is 21.7 Å². The van der Waals surface area contributed by atoms with Crippen molar-refractivity contribution < 1.29 is 13.7 Å². The molecule has 2 rings (SSSR count). The standard InChI is InChI=1S/C11H13F2N3O2/c1-11(2-3-14-6-11)15-9-5-7(12)4-8(13)10(9)16(17)18/h4-5,14-15H,2-3,6H2,1H3. The molecule has 0 spiro atoms. The Labute approximate surface area is 102 Å². The first-order valence-corrected chi connectivity index (χ1v) is 5.54. The second kappa shape index (κ2) is 4.49. The van der Waals surface area contributed by atoms with E-state index in [0.717, 1.165) is 19.0 Å². The van der Waals surface area contributed by atoms with Crippen molar-refractivity contribution in [1.82, 2.24) is 5.32 Å². The molecule has 0 bridgehead atoms. The number of anilines is 1. The van der Waals surface area contributed by atoms with Crippen molar-refractivity contribution in [3.05, 3.63) is 33.9 Å². The molecule has 1 fully saturated rings. The minimum absolute atomic E-state index is 0.122. The number of nitro groups is 1. The zero-order chi connectivity index (χ0) is 13.3. The summed E-state index contributed by atoms with van der Waals surface area (Å²) in [5.41, 5.74) is -1.28. The second-order valence-electron chi connectivity index (χ2n) is 4.65. The zero-order valence-electron chi connectivity index (χ0n) is 9.80. The summed E-state index contributed by atoms with van der Waals surface area (Å²) < 4.78 is 26.6. The third-order valence-electron chi connectivity index (χ3n) is 3.02. The predicted octanol–water partition coefficient (Wildman–Crippen LogP) is 2.04. The number of nitro benzene ring substituents is 1. The van der Waals surface area contributed by atoms with Crippen LogP contribution < -0.4 is 10.6 Å². The molecular weight excluding hydrogens is 244 g/mol. The molecule has 1 aliphatic heterocycles. The van der Waals surface area contributed by atoms with Gasteiger partial charge in [-0.05, 0) is 19.9 Å². The van der Waals surface area contributed by atoms with Gasteiger partial charge in [-0.15, -0.1) is 0 Å². The molecule has 1 saturated heterocycles. The number of benzene rings is 1. The number of rotatable bonds is 3. The van der Waals surface area contributed by atoms with Crippen LogP contribution in [0.4, 0.5) is 20.2 Å². The number of nitrogens with zero attached hydrogens (tertiary/aromatic N) is 1. The van der Waals surface area contributed by atoms with E-state index in [1.807, 2.05) is 6.92 Å². The molecule has 1 atom stereocenters. The fraction of sp³-hybridized carbons (Fsp3) is 0.455. The van der Waals surface area contributed by atoms with Crippen LogP contribution in [-0.2, 0) is 0 Å².